The van der Waals surface area contributed by atoms with Crippen LogP contribution in [0.5, 0.6) is 0 Å². The van der Waals surface area contributed by atoms with E-state index in [4.69, 9.17) is 4.99 Å². The van der Waals surface area contributed by atoms with Gasteiger partial charge in [0, 0.05) is 12.1 Å². The highest BCUT2D eigenvalue weighted by Crippen LogP contribution is 2.40. The molecule has 0 spiro atoms. The van der Waals surface area contributed by atoms with Crippen LogP contribution in [0.2, 0.25) is 0 Å². The van der Waals surface area contributed by atoms with Gasteiger partial charge in [-0.25, -0.2) is 0 Å². The molecule has 2 nitrogen and oxygen atoms in total. The van der Waals surface area contributed by atoms with E-state index in [1.807, 2.05) is 11.8 Å². The molecule has 2 heterocycles. The Hall–Kier alpha value is -0.800. The molecule has 2 fully saturated rings. The minimum atomic E-state index is 0.675. The van der Waals surface area contributed by atoms with Crippen molar-refractivity contribution in [3.8, 4) is 0 Å². The van der Waals surface area contributed by atoms with Crippen molar-refractivity contribution >= 4 is 16.8 Å². The van der Waals surface area contributed by atoms with Crippen molar-refractivity contribution in [3.63, 3.8) is 0 Å². The summed E-state index contributed by atoms with van der Waals surface area (Å²) < 4.78 is 0. The molecular formula is C22H32N2S. The van der Waals surface area contributed by atoms with Crippen LogP contribution in [0.1, 0.15) is 52.4 Å². The minimum Gasteiger partial charge on any atom is -0.303 e. The molecule has 4 aliphatic rings. The number of likely N-dealkylation sites (tertiary alicyclic amines) is 1. The lowest BCUT2D eigenvalue weighted by Gasteiger charge is -2.26. The Morgan fingerprint density at radius 3 is 2.84 bits per heavy atom. The van der Waals surface area contributed by atoms with Gasteiger partial charge in [0.1, 0.15) is 5.04 Å². The van der Waals surface area contributed by atoms with Crippen molar-refractivity contribution in [1.29, 1.82) is 0 Å². The summed E-state index contributed by atoms with van der Waals surface area (Å²) in [5.74, 6) is 2.45. The SMILES string of the molecule is CC1=C(C2CCCN(CC3CC3)CC2)SC(C2=CCC(C)C=C2)=NC1. The Morgan fingerprint density at radius 2 is 2.08 bits per heavy atom. The highest BCUT2D eigenvalue weighted by Gasteiger charge is 2.29. The third kappa shape index (κ3) is 4.49. The first-order valence-electron chi connectivity index (χ1n) is 10.2. The molecule has 0 aromatic heterocycles. The lowest BCUT2D eigenvalue weighted by atomic mass is 9.97. The molecule has 0 N–H and O–H groups in total. The van der Waals surface area contributed by atoms with E-state index in [0.29, 0.717) is 5.92 Å². The average Bonchev–Trinajstić information content (AvgIpc) is 3.44. The van der Waals surface area contributed by atoms with E-state index in [-0.39, 0.29) is 0 Å². The first-order valence-corrected chi connectivity index (χ1v) is 11.0. The Morgan fingerprint density at radius 1 is 1.20 bits per heavy atom. The summed E-state index contributed by atoms with van der Waals surface area (Å²) in [5, 5.41) is 1.27. The fraction of sp³-hybridized carbons (Fsp3) is 0.682. The highest BCUT2D eigenvalue weighted by atomic mass is 32.2. The number of rotatable bonds is 4. The maximum Gasteiger partial charge on any atom is 0.102 e. The Labute approximate surface area is 157 Å². The van der Waals surface area contributed by atoms with Crippen molar-refractivity contribution in [1.82, 2.24) is 4.90 Å². The summed E-state index contributed by atoms with van der Waals surface area (Å²) >= 11 is 1.98. The first-order chi connectivity index (χ1) is 12.2. The van der Waals surface area contributed by atoms with Gasteiger partial charge in [0.2, 0.25) is 0 Å². The monoisotopic (exact) mass is 356 g/mol. The molecule has 25 heavy (non-hydrogen) atoms. The lowest BCUT2D eigenvalue weighted by molar-refractivity contribution is 0.271. The van der Waals surface area contributed by atoms with Crippen molar-refractivity contribution in [2.24, 2.45) is 22.7 Å². The molecule has 136 valence electrons. The molecule has 2 aliphatic carbocycles. The van der Waals surface area contributed by atoms with Crippen molar-refractivity contribution in [2.75, 3.05) is 26.2 Å². The molecule has 0 amide bonds. The predicted octanol–water partition coefficient (Wildman–Crippen LogP) is 5.44. The number of hydrogen-bond donors (Lipinski definition) is 0. The molecule has 0 aromatic rings. The van der Waals surface area contributed by atoms with Gasteiger partial charge in [0.25, 0.3) is 0 Å². The first kappa shape index (κ1) is 17.6. The van der Waals surface area contributed by atoms with Crippen LogP contribution in [0.4, 0.5) is 0 Å². The summed E-state index contributed by atoms with van der Waals surface area (Å²) in [5.41, 5.74) is 2.88. The zero-order valence-electron chi connectivity index (χ0n) is 15.8. The zero-order valence-corrected chi connectivity index (χ0v) is 16.7. The van der Waals surface area contributed by atoms with Gasteiger partial charge in [0.05, 0.1) is 6.54 Å². The molecule has 0 radical (unpaired) electrons. The van der Waals surface area contributed by atoms with E-state index in [0.717, 1.165) is 24.8 Å². The number of nitrogens with zero attached hydrogens (tertiary/aromatic N) is 2. The average molecular weight is 357 g/mol. The van der Waals surface area contributed by atoms with Gasteiger partial charge in [0.15, 0.2) is 0 Å². The van der Waals surface area contributed by atoms with Gasteiger partial charge in [-0.05, 0) is 86.8 Å². The molecule has 1 saturated carbocycles. The minimum absolute atomic E-state index is 0.675. The summed E-state index contributed by atoms with van der Waals surface area (Å²) in [4.78, 5) is 9.27. The maximum absolute atomic E-state index is 4.88. The quantitative estimate of drug-likeness (QED) is 0.666. The van der Waals surface area contributed by atoms with Gasteiger partial charge >= 0.3 is 0 Å². The number of aliphatic imine (C=N–C) groups is 1. The second kappa shape index (κ2) is 7.84. The molecule has 0 bridgehead atoms. The third-order valence-electron chi connectivity index (χ3n) is 6.05. The molecule has 2 atom stereocenters. The Kier molecular flexibility index (Phi) is 5.52. The third-order valence-corrected chi connectivity index (χ3v) is 7.51. The van der Waals surface area contributed by atoms with Crippen LogP contribution in [0.15, 0.2) is 39.3 Å². The number of thioether (sulfide) groups is 1. The topological polar surface area (TPSA) is 15.6 Å². The summed E-state index contributed by atoms with van der Waals surface area (Å²) in [6.45, 7) is 9.47. The van der Waals surface area contributed by atoms with E-state index >= 15 is 0 Å². The Balaban J connectivity index is 1.40. The number of allylic oxidation sites excluding steroid dienone is 4. The van der Waals surface area contributed by atoms with E-state index < -0.39 is 0 Å². The van der Waals surface area contributed by atoms with Crippen LogP contribution in [-0.2, 0) is 0 Å². The standard InChI is InChI=1S/C22H32N2S/c1-16-5-9-20(10-6-16)22-23-14-17(2)21(25-22)19-4-3-12-24(13-11-19)15-18-7-8-18/h5,9-10,16,18-19H,3-4,6-8,11-15H2,1-2H3. The Bertz CT molecular complexity index is 624. The molecule has 1 saturated heterocycles. The van der Waals surface area contributed by atoms with Crippen molar-refractivity contribution < 1.29 is 0 Å². The van der Waals surface area contributed by atoms with Gasteiger partial charge in [-0.2, -0.15) is 0 Å². The smallest absolute Gasteiger partial charge is 0.102 e. The van der Waals surface area contributed by atoms with Crippen LogP contribution in [0.25, 0.3) is 0 Å². The van der Waals surface area contributed by atoms with Crippen LogP contribution in [0, 0.1) is 17.8 Å². The highest BCUT2D eigenvalue weighted by molar-refractivity contribution is 8.17. The predicted molar refractivity (Wildman–Crippen MR) is 110 cm³/mol. The zero-order chi connectivity index (χ0) is 17.2. The van der Waals surface area contributed by atoms with E-state index in [1.165, 1.54) is 67.9 Å². The fourth-order valence-electron chi connectivity index (χ4n) is 4.23. The molecule has 2 aliphatic heterocycles. The van der Waals surface area contributed by atoms with Gasteiger partial charge in [-0.3, -0.25) is 4.99 Å². The van der Waals surface area contributed by atoms with Gasteiger partial charge in [-0.1, -0.05) is 36.9 Å². The van der Waals surface area contributed by atoms with Crippen LogP contribution in [-0.4, -0.2) is 36.1 Å². The molecule has 4 rings (SSSR count). The molecular weight excluding hydrogens is 324 g/mol. The normalized spacial score (nSPS) is 31.6. The summed E-state index contributed by atoms with van der Waals surface area (Å²) in [7, 11) is 0. The fourth-order valence-corrected chi connectivity index (χ4v) is 5.47. The second-order valence-corrected chi connectivity index (χ2v) is 9.50. The van der Waals surface area contributed by atoms with Gasteiger partial charge < -0.3 is 4.90 Å². The maximum atomic E-state index is 4.88. The van der Waals surface area contributed by atoms with Crippen LogP contribution < -0.4 is 0 Å². The van der Waals surface area contributed by atoms with Crippen molar-refractivity contribution in [3.05, 3.63) is 34.3 Å². The largest absolute Gasteiger partial charge is 0.303 e. The van der Waals surface area contributed by atoms with E-state index in [9.17, 15) is 0 Å². The summed E-state index contributed by atoms with van der Waals surface area (Å²) in [6, 6.07) is 0. The molecule has 0 aromatic carbocycles. The second-order valence-electron chi connectivity index (χ2n) is 8.47. The molecule has 3 heteroatoms. The van der Waals surface area contributed by atoms with E-state index in [2.05, 4.69) is 37.0 Å². The van der Waals surface area contributed by atoms with Crippen LogP contribution in [0.3, 0.4) is 0 Å². The van der Waals surface area contributed by atoms with Crippen LogP contribution >= 0.6 is 11.8 Å². The lowest BCUT2D eigenvalue weighted by Crippen LogP contribution is -2.27. The van der Waals surface area contributed by atoms with Gasteiger partial charge in [-0.15, -0.1) is 0 Å². The van der Waals surface area contributed by atoms with Crippen molar-refractivity contribution in [2.45, 2.75) is 52.4 Å². The summed E-state index contributed by atoms with van der Waals surface area (Å²) in [6.07, 6.45) is 15.2. The van der Waals surface area contributed by atoms with E-state index in [1.54, 1.807) is 4.91 Å². The molecule has 2 unspecified atom stereocenters. The number of hydrogen-bond acceptors (Lipinski definition) is 3.